The number of aryl methyl sites for hydroxylation is 4. The highest BCUT2D eigenvalue weighted by molar-refractivity contribution is 8.78. The van der Waals surface area contributed by atoms with Crippen molar-refractivity contribution in [1.82, 2.24) is 34.6 Å². The summed E-state index contributed by atoms with van der Waals surface area (Å²) in [6.07, 6.45) is 6.74. The van der Waals surface area contributed by atoms with Crippen LogP contribution < -0.4 is 22.8 Å². The van der Waals surface area contributed by atoms with Gasteiger partial charge in [-0.3, -0.25) is 33.7 Å². The van der Waals surface area contributed by atoms with Gasteiger partial charge < -0.3 is 24.0 Å². The zero-order valence-electron chi connectivity index (χ0n) is 58.9. The van der Waals surface area contributed by atoms with Crippen LogP contribution in [0.25, 0.3) is 21.7 Å². The van der Waals surface area contributed by atoms with Gasteiger partial charge in [-0.25, -0.2) is 25.4 Å². The third-order valence-corrected chi connectivity index (χ3v) is 31.0. The summed E-state index contributed by atoms with van der Waals surface area (Å²) in [6, 6.07) is 58.8. The van der Waals surface area contributed by atoms with E-state index in [1.165, 1.54) is 79.3 Å². The van der Waals surface area contributed by atoms with E-state index >= 15 is 0 Å². The van der Waals surface area contributed by atoms with Gasteiger partial charge in [0, 0.05) is 62.5 Å². The Hall–Kier alpha value is -10.1. The van der Waals surface area contributed by atoms with E-state index in [2.05, 4.69) is 26.3 Å². The molecule has 546 valence electrons. The van der Waals surface area contributed by atoms with Crippen LogP contribution in [0, 0.1) is 33.1 Å². The van der Waals surface area contributed by atoms with Crippen LogP contribution in [-0.2, 0) is 56.6 Å². The van der Waals surface area contributed by atoms with Gasteiger partial charge in [-0.05, 0) is 140 Å². The van der Waals surface area contributed by atoms with Crippen molar-refractivity contribution < 1.29 is 50.2 Å². The highest BCUT2D eigenvalue weighted by Crippen LogP contribution is 2.71. The molecule has 2 spiro atoms. The highest BCUT2D eigenvalue weighted by atomic mass is 33.1. The summed E-state index contributed by atoms with van der Waals surface area (Å²) in [6.45, 7) is 7.64. The van der Waals surface area contributed by atoms with Gasteiger partial charge in [0.05, 0.1) is 58.5 Å². The number of aromatic nitrogens is 3. The molecular formula is C78H72N12O11S6. The molecule has 10 aliphatic rings. The summed E-state index contributed by atoms with van der Waals surface area (Å²) in [5.41, 5.74) is 16.7. The van der Waals surface area contributed by atoms with Crippen LogP contribution in [0.3, 0.4) is 0 Å². The Bertz CT molecular complexity index is 5320. The van der Waals surface area contributed by atoms with Crippen LogP contribution in [0.15, 0.2) is 215 Å². The third-order valence-electron chi connectivity index (χ3n) is 20.9. The fourth-order valence-electron chi connectivity index (χ4n) is 15.8. The van der Waals surface area contributed by atoms with Gasteiger partial charge in [0.1, 0.15) is 35.3 Å². The molecule has 0 N–H and O–H groups in total. The second-order valence-electron chi connectivity index (χ2n) is 27.2. The largest absolute Gasteiger partial charge is 0.497 e. The number of terminal acetylenes is 1. The first-order valence-electron chi connectivity index (χ1n) is 34.4. The van der Waals surface area contributed by atoms with Gasteiger partial charge in [-0.15, -0.1) is 11.5 Å². The van der Waals surface area contributed by atoms with E-state index in [9.17, 15) is 36.0 Å². The molecule has 4 bridgehead atoms. The Morgan fingerprint density at radius 3 is 1.45 bits per heavy atom. The average molecular weight is 1550 g/mol. The third kappa shape index (κ3) is 11.9. The van der Waals surface area contributed by atoms with E-state index in [4.69, 9.17) is 26.2 Å². The normalized spacial score (nSPS) is 23.9. The number of hydrogen-bond acceptors (Lipinski definition) is 18. The van der Waals surface area contributed by atoms with Crippen molar-refractivity contribution in [2.45, 2.75) is 106 Å². The molecule has 11 heterocycles. The first-order chi connectivity index (χ1) is 51.6. The molecule has 0 unspecified atom stereocenters. The quantitative estimate of drug-likeness (QED) is 0.0193. The number of fused-ring (bicyclic) bond motifs is 10. The lowest BCUT2D eigenvalue weighted by Gasteiger charge is -2.53. The number of piperazine rings is 2. The predicted molar refractivity (Wildman–Crippen MR) is 414 cm³/mol. The smallest absolute Gasteiger partial charge is 0.266 e. The molecule has 0 saturated carbocycles. The van der Waals surface area contributed by atoms with Crippen molar-refractivity contribution in [3.63, 3.8) is 0 Å². The highest BCUT2D eigenvalue weighted by Gasteiger charge is 2.79. The van der Waals surface area contributed by atoms with Crippen LogP contribution in [0.5, 0.6) is 17.2 Å². The molecule has 9 aromatic rings. The minimum absolute atomic E-state index is 0.0366. The van der Waals surface area contributed by atoms with Crippen molar-refractivity contribution in [1.29, 1.82) is 0 Å². The van der Waals surface area contributed by atoms with Crippen molar-refractivity contribution >= 4 is 98.2 Å². The number of sulfonamides is 2. The number of azide groups is 1. The standard InChI is InChI=1S/C39H36N6O5S3.C30H28N6O5S3.C9H8O/c1-25-9-13-27(14-10-25)32-23-43(41-40-32)21-6-22-50-29-17-19-30(20-18-29)53(48,49)45-33-8-5-4-7-31(33)38(28-15-11-26(2)12-16-28)24-39-37(47)42(3)35(51-52-39)34(46)44(39)36(38)45;1-19-8-10-20(11-9-19)29-18-30-28(38)34(2)26(42-43-30)25(37)35(30)27(29)36(24-7-4-3-6-23(24)29)44(39,40)22-14-12-21(13-15-22)41-17-5-16-32-33-31;1-3-8-4-6-9(10-2)7-5-8/h4-5,7-20,23,35-36H,6,21-22,24H2,1-3H3;3-4,6-15,26-27H,5,16-18H2,1-2H3;1,4-7H,2H3/t35-,36-,38-,39-;26-,27-,29-,30-;/m00./s1. The predicted octanol–water partition coefficient (Wildman–Crippen LogP) is 12.7. The Balaban J connectivity index is 0.000000153. The number of carbonyl (C=O) groups is 4. The Labute approximate surface area is 635 Å². The SMILES string of the molecule is C#Cc1ccc(OC)cc1.Cc1ccc(-c2cn(CCCOc3ccc(S(=O)(=O)N4c5ccccc5[C@@]5(c6ccc(C)cc6)C[C@@]67SS[C@@H](C(=O)N6[C@@H]45)N(C)C7=O)cc3)nn2)cc1.Cc1ccc([C@]23C[C@@]45SS[C@@H](C(=O)N4[C@H]2N(S(=O)(=O)c2ccc(OCCCN=[N+]=[N-])cc2)c2ccccc23)N(C)C5=O)cc1. The van der Waals surface area contributed by atoms with Crippen molar-refractivity contribution in [2.75, 3.05) is 49.6 Å². The maximum absolute atomic E-state index is 15.0. The van der Waals surface area contributed by atoms with Gasteiger partial charge in [0.25, 0.3) is 43.7 Å². The molecule has 8 atom stereocenters. The molecule has 19 rings (SSSR count). The first-order valence-corrected chi connectivity index (χ1v) is 41.7. The number of nitrogens with zero attached hydrogens (tertiary/aromatic N) is 12. The fourth-order valence-corrected chi connectivity index (χ4v) is 26.0. The molecule has 8 aromatic carbocycles. The van der Waals surface area contributed by atoms with Crippen LogP contribution in [-0.4, -0.2) is 149 Å². The Morgan fingerprint density at radius 2 is 1.01 bits per heavy atom. The van der Waals surface area contributed by atoms with Crippen molar-refractivity contribution in [3.8, 4) is 40.8 Å². The van der Waals surface area contributed by atoms with E-state index < -0.39 is 63.7 Å². The van der Waals surface area contributed by atoms with Crippen LogP contribution >= 0.6 is 43.2 Å². The lowest BCUT2D eigenvalue weighted by atomic mass is 9.72. The molecule has 8 saturated heterocycles. The number of methoxy groups -OCH3 is 1. The van der Waals surface area contributed by atoms with Crippen LogP contribution in [0.4, 0.5) is 11.4 Å². The molecule has 23 nitrogen and oxygen atoms in total. The van der Waals surface area contributed by atoms with E-state index in [-0.39, 0.29) is 46.3 Å². The topological polar surface area (TPSA) is 263 Å². The second kappa shape index (κ2) is 28.3. The molecule has 0 aliphatic carbocycles. The Kier molecular flexibility index (Phi) is 19.2. The summed E-state index contributed by atoms with van der Waals surface area (Å²) in [5, 5.41) is 10.5. The molecule has 4 amide bonds. The Morgan fingerprint density at radius 1 is 0.579 bits per heavy atom. The van der Waals surface area contributed by atoms with E-state index in [1.54, 1.807) is 90.3 Å². The van der Waals surface area contributed by atoms with Crippen LogP contribution in [0.2, 0.25) is 0 Å². The number of amides is 4. The number of rotatable bonds is 18. The number of carbonyl (C=O) groups excluding carboxylic acids is 4. The molecule has 8 fully saturated rings. The summed E-state index contributed by atoms with van der Waals surface area (Å²) in [4.78, 5) is 63.1. The molecule has 0 radical (unpaired) electrons. The molecule has 29 heteroatoms. The lowest BCUT2D eigenvalue weighted by molar-refractivity contribution is -0.158. The monoisotopic (exact) mass is 1540 g/mol. The minimum atomic E-state index is -4.26. The van der Waals surface area contributed by atoms with Crippen LogP contribution in [0.1, 0.15) is 70.2 Å². The summed E-state index contributed by atoms with van der Waals surface area (Å²) < 4.78 is 80.6. The van der Waals surface area contributed by atoms with E-state index in [0.717, 1.165) is 56.0 Å². The molecular weight excluding hydrogens is 1470 g/mol. The zero-order chi connectivity index (χ0) is 75.0. The summed E-state index contributed by atoms with van der Waals surface area (Å²) in [7, 11) is 1.89. The number of para-hydroxylation sites is 2. The number of likely N-dealkylation sites (N-methyl/N-ethyl adjacent to an activating group) is 2. The fraction of sp³-hybridized carbons (Fsp3) is 0.282. The number of benzene rings is 8. The molecule has 10 aliphatic heterocycles. The molecule has 107 heavy (non-hydrogen) atoms. The maximum atomic E-state index is 15.0. The van der Waals surface area contributed by atoms with Crippen molar-refractivity contribution in [2.24, 2.45) is 5.11 Å². The van der Waals surface area contributed by atoms with Crippen molar-refractivity contribution in [3.05, 3.63) is 255 Å². The van der Waals surface area contributed by atoms with Gasteiger partial charge in [0.15, 0.2) is 20.5 Å². The van der Waals surface area contributed by atoms with Gasteiger partial charge >= 0.3 is 0 Å². The first kappa shape index (κ1) is 72.5. The number of hydrogen-bond donors (Lipinski definition) is 0. The van der Waals surface area contributed by atoms with Gasteiger partial charge in [-0.2, -0.15) is 0 Å². The summed E-state index contributed by atoms with van der Waals surface area (Å²) in [5.74, 6) is 3.46. The number of ether oxygens (including phenoxy) is 3. The minimum Gasteiger partial charge on any atom is -0.497 e. The zero-order valence-corrected chi connectivity index (χ0v) is 63.8. The maximum Gasteiger partial charge on any atom is 0.266 e. The second-order valence-corrected chi connectivity index (χ2v) is 35.9. The van der Waals surface area contributed by atoms with Gasteiger partial charge in [-0.1, -0.05) is 185 Å². The summed E-state index contributed by atoms with van der Waals surface area (Å²) >= 11 is 0. The van der Waals surface area contributed by atoms with E-state index in [1.807, 2.05) is 154 Å². The van der Waals surface area contributed by atoms with E-state index in [0.29, 0.717) is 62.0 Å². The number of anilines is 2. The molecule has 1 aromatic heterocycles. The van der Waals surface area contributed by atoms with Gasteiger partial charge in [0.2, 0.25) is 0 Å². The average Bonchev–Trinajstić information content (AvgIpc) is 1.49. The lowest BCUT2D eigenvalue weighted by Crippen LogP contribution is -2.72.